The smallest absolute Gasteiger partial charge is 0.274 e. The summed E-state index contributed by atoms with van der Waals surface area (Å²) in [5.41, 5.74) is 3.13. The Hall–Kier alpha value is -3.92. The van der Waals surface area contributed by atoms with E-state index in [0.717, 1.165) is 45.0 Å². The first-order chi connectivity index (χ1) is 17.2. The fourth-order valence-electron chi connectivity index (χ4n) is 4.44. The summed E-state index contributed by atoms with van der Waals surface area (Å²) in [5, 5.41) is 6.33. The van der Waals surface area contributed by atoms with Crippen LogP contribution in [-0.4, -0.2) is 74.3 Å². The van der Waals surface area contributed by atoms with Crippen LogP contribution in [0.3, 0.4) is 0 Å². The van der Waals surface area contributed by atoms with Crippen molar-refractivity contribution in [3.63, 3.8) is 0 Å². The third kappa shape index (κ3) is 4.83. The van der Waals surface area contributed by atoms with Crippen LogP contribution in [0.25, 0.3) is 0 Å². The van der Waals surface area contributed by atoms with Crippen molar-refractivity contribution >= 4 is 23.2 Å². The second-order valence-corrected chi connectivity index (χ2v) is 8.54. The summed E-state index contributed by atoms with van der Waals surface area (Å²) < 4.78 is 10.8. The molecule has 3 aromatic rings. The Balaban J connectivity index is 1.25. The Labute approximate surface area is 204 Å². The molecule has 0 radical (unpaired) electrons. The first kappa shape index (κ1) is 22.9. The number of aromatic nitrogens is 3. The van der Waals surface area contributed by atoms with Gasteiger partial charge in [0, 0.05) is 57.6 Å². The van der Waals surface area contributed by atoms with Gasteiger partial charge in [0.15, 0.2) is 11.5 Å². The number of amides is 1. The molecule has 0 atom stereocenters. The minimum atomic E-state index is -0.282. The predicted molar refractivity (Wildman–Crippen MR) is 134 cm³/mol. The van der Waals surface area contributed by atoms with Gasteiger partial charge in [-0.15, -0.1) is 0 Å². The molecule has 0 spiro atoms. The van der Waals surface area contributed by atoms with Crippen LogP contribution in [-0.2, 0) is 0 Å². The average molecular weight is 476 g/mol. The standard InChI is InChI=1S/C25H29N7O3/c1-34-22-4-3-17(13-23(22)35-2)18-15-32(16-18)25-28-8-5-19(30-25)24(33)29-20-14-27-7-6-21(20)31-11-9-26-10-12-31/h3-8,13-14,18,26H,9-12,15-16H2,1-2H3,(H,29,33). The number of ether oxygens (including phenoxy) is 2. The summed E-state index contributed by atoms with van der Waals surface area (Å²) in [4.78, 5) is 30.5. The highest BCUT2D eigenvalue weighted by Crippen LogP contribution is 2.35. The topological polar surface area (TPSA) is 105 Å². The molecular weight excluding hydrogens is 446 g/mol. The van der Waals surface area contributed by atoms with Gasteiger partial charge in [0.05, 0.1) is 31.8 Å². The fraction of sp³-hybridized carbons (Fsp3) is 0.360. The zero-order valence-corrected chi connectivity index (χ0v) is 19.9. The normalized spacial score (nSPS) is 15.9. The Bertz CT molecular complexity index is 1190. The number of hydrogen-bond acceptors (Lipinski definition) is 9. The van der Waals surface area contributed by atoms with Gasteiger partial charge in [-0.1, -0.05) is 6.07 Å². The molecule has 5 rings (SSSR count). The predicted octanol–water partition coefficient (Wildman–Crippen LogP) is 2.15. The number of nitrogens with zero attached hydrogens (tertiary/aromatic N) is 5. The highest BCUT2D eigenvalue weighted by atomic mass is 16.5. The van der Waals surface area contributed by atoms with Crippen molar-refractivity contribution in [2.24, 2.45) is 0 Å². The van der Waals surface area contributed by atoms with Crippen LogP contribution >= 0.6 is 0 Å². The van der Waals surface area contributed by atoms with Gasteiger partial charge in [-0.2, -0.15) is 0 Å². The summed E-state index contributed by atoms with van der Waals surface area (Å²) in [7, 11) is 3.26. The van der Waals surface area contributed by atoms with Gasteiger partial charge < -0.3 is 29.9 Å². The zero-order valence-electron chi connectivity index (χ0n) is 19.9. The maximum Gasteiger partial charge on any atom is 0.274 e. The van der Waals surface area contributed by atoms with E-state index < -0.39 is 0 Å². The minimum Gasteiger partial charge on any atom is -0.493 e. The lowest BCUT2D eigenvalue weighted by molar-refractivity contribution is 0.102. The van der Waals surface area contributed by atoms with Crippen molar-refractivity contribution in [2.45, 2.75) is 5.92 Å². The highest BCUT2D eigenvalue weighted by molar-refractivity contribution is 6.04. The van der Waals surface area contributed by atoms with Crippen LogP contribution < -0.4 is 29.9 Å². The van der Waals surface area contributed by atoms with Crippen LogP contribution in [0.5, 0.6) is 11.5 Å². The summed E-state index contributed by atoms with van der Waals surface area (Å²) in [6.07, 6.45) is 5.05. The van der Waals surface area contributed by atoms with E-state index in [1.807, 2.05) is 18.2 Å². The summed E-state index contributed by atoms with van der Waals surface area (Å²) in [6, 6.07) is 9.55. The molecule has 4 heterocycles. The quantitative estimate of drug-likeness (QED) is 0.532. The second kappa shape index (κ2) is 10.1. The van der Waals surface area contributed by atoms with Crippen molar-refractivity contribution in [3.05, 3.63) is 60.2 Å². The fourth-order valence-corrected chi connectivity index (χ4v) is 4.44. The Morgan fingerprint density at radius 1 is 1.03 bits per heavy atom. The van der Waals surface area contributed by atoms with Crippen molar-refractivity contribution < 1.29 is 14.3 Å². The van der Waals surface area contributed by atoms with Gasteiger partial charge in [-0.3, -0.25) is 9.78 Å². The van der Waals surface area contributed by atoms with Crippen molar-refractivity contribution in [1.29, 1.82) is 0 Å². The molecule has 182 valence electrons. The molecule has 2 fully saturated rings. The van der Waals surface area contributed by atoms with Gasteiger partial charge in [0.2, 0.25) is 5.95 Å². The molecule has 2 aliphatic heterocycles. The minimum absolute atomic E-state index is 0.282. The number of methoxy groups -OCH3 is 2. The first-order valence-corrected chi connectivity index (χ1v) is 11.7. The van der Waals surface area contributed by atoms with Crippen molar-refractivity contribution in [1.82, 2.24) is 20.3 Å². The van der Waals surface area contributed by atoms with Crippen LogP contribution in [0, 0.1) is 0 Å². The second-order valence-electron chi connectivity index (χ2n) is 8.54. The molecule has 1 aromatic carbocycles. The molecule has 0 unspecified atom stereocenters. The lowest BCUT2D eigenvalue weighted by Crippen LogP contribution is -2.46. The van der Waals surface area contributed by atoms with Crippen LogP contribution in [0.15, 0.2) is 48.9 Å². The number of anilines is 3. The van der Waals surface area contributed by atoms with Gasteiger partial charge in [-0.25, -0.2) is 9.97 Å². The zero-order chi connectivity index (χ0) is 24.2. The van der Waals surface area contributed by atoms with E-state index >= 15 is 0 Å². The van der Waals surface area contributed by atoms with Gasteiger partial charge >= 0.3 is 0 Å². The number of pyridine rings is 1. The van der Waals surface area contributed by atoms with Gasteiger partial charge in [0.1, 0.15) is 5.69 Å². The average Bonchev–Trinajstić information content (AvgIpc) is 2.88. The maximum atomic E-state index is 13.0. The highest BCUT2D eigenvalue weighted by Gasteiger charge is 2.31. The summed E-state index contributed by atoms with van der Waals surface area (Å²) in [6.45, 7) is 5.09. The van der Waals surface area contributed by atoms with Crippen LogP contribution in [0.2, 0.25) is 0 Å². The number of benzene rings is 1. The number of carbonyl (C=O) groups is 1. The molecule has 10 heteroatoms. The van der Waals surface area contributed by atoms with Gasteiger partial charge in [-0.05, 0) is 29.8 Å². The molecule has 35 heavy (non-hydrogen) atoms. The van der Waals surface area contributed by atoms with Crippen molar-refractivity contribution in [2.75, 3.05) is 68.6 Å². The van der Waals surface area contributed by atoms with E-state index in [-0.39, 0.29) is 5.91 Å². The Morgan fingerprint density at radius 3 is 2.60 bits per heavy atom. The first-order valence-electron chi connectivity index (χ1n) is 11.7. The molecule has 2 aliphatic rings. The molecule has 0 aliphatic carbocycles. The SMILES string of the molecule is COc1ccc(C2CN(c3nccc(C(=O)Nc4cnccc4N4CCNCC4)n3)C2)cc1OC. The molecular formula is C25H29N7O3. The van der Waals surface area contributed by atoms with Gasteiger partial charge in [0.25, 0.3) is 5.91 Å². The number of piperazine rings is 1. The lowest BCUT2D eigenvalue weighted by Gasteiger charge is -2.39. The van der Waals surface area contributed by atoms with Crippen LogP contribution in [0.4, 0.5) is 17.3 Å². The third-order valence-electron chi connectivity index (χ3n) is 6.42. The monoisotopic (exact) mass is 475 g/mol. The molecule has 2 saturated heterocycles. The number of nitrogens with one attached hydrogen (secondary N) is 2. The summed E-state index contributed by atoms with van der Waals surface area (Å²) in [5.74, 6) is 2.02. The summed E-state index contributed by atoms with van der Waals surface area (Å²) >= 11 is 0. The van der Waals surface area contributed by atoms with E-state index in [0.29, 0.717) is 34.7 Å². The molecule has 2 aromatic heterocycles. The van der Waals surface area contributed by atoms with E-state index in [2.05, 4.69) is 41.5 Å². The molecule has 0 bridgehead atoms. The molecule has 10 nitrogen and oxygen atoms in total. The van der Waals surface area contributed by atoms with E-state index in [4.69, 9.17) is 9.47 Å². The molecule has 2 N–H and O–H groups in total. The number of rotatable bonds is 7. The molecule has 1 amide bonds. The molecule has 0 saturated carbocycles. The number of carbonyl (C=O) groups excluding carboxylic acids is 1. The van der Waals surface area contributed by atoms with E-state index in [9.17, 15) is 4.79 Å². The van der Waals surface area contributed by atoms with Crippen LogP contribution in [0.1, 0.15) is 22.0 Å². The Morgan fingerprint density at radius 2 is 1.83 bits per heavy atom. The third-order valence-corrected chi connectivity index (χ3v) is 6.42. The lowest BCUT2D eigenvalue weighted by atomic mass is 9.91. The van der Waals surface area contributed by atoms with E-state index in [1.165, 1.54) is 5.56 Å². The Kier molecular flexibility index (Phi) is 6.62. The largest absolute Gasteiger partial charge is 0.493 e. The van der Waals surface area contributed by atoms with E-state index in [1.54, 1.807) is 38.9 Å². The maximum absolute atomic E-state index is 13.0. The van der Waals surface area contributed by atoms with Crippen molar-refractivity contribution in [3.8, 4) is 11.5 Å². The number of hydrogen-bond donors (Lipinski definition) is 2.